The third-order valence-corrected chi connectivity index (χ3v) is 6.92. The van der Waals surface area contributed by atoms with Crippen LogP contribution in [0.3, 0.4) is 0 Å². The molecule has 0 aromatic carbocycles. The molecule has 8 heteroatoms. The van der Waals surface area contributed by atoms with Crippen LogP contribution in [0.15, 0.2) is 21.7 Å². The smallest absolute Gasteiger partial charge is 0.410 e. The van der Waals surface area contributed by atoms with E-state index in [1.807, 2.05) is 20.8 Å². The Labute approximate surface area is 142 Å². The molecule has 2 heterocycles. The van der Waals surface area contributed by atoms with E-state index in [4.69, 9.17) is 4.74 Å². The maximum atomic E-state index is 12.6. The maximum Gasteiger partial charge on any atom is 0.410 e. The number of thiophene rings is 1. The highest BCUT2D eigenvalue weighted by Crippen LogP contribution is 2.26. The van der Waals surface area contributed by atoms with E-state index in [0.29, 0.717) is 17.3 Å². The lowest BCUT2D eigenvalue weighted by atomic mass is 10.1. The molecule has 1 aromatic rings. The quantitative estimate of drug-likeness (QED) is 0.831. The molecular formula is C15H24N2O4S2. The Morgan fingerprint density at radius 3 is 2.70 bits per heavy atom. The van der Waals surface area contributed by atoms with Gasteiger partial charge < -0.3 is 9.64 Å². The summed E-state index contributed by atoms with van der Waals surface area (Å²) >= 11 is 1.21. The van der Waals surface area contributed by atoms with E-state index >= 15 is 0 Å². The fourth-order valence-electron chi connectivity index (χ4n) is 2.48. The molecule has 0 unspecified atom stereocenters. The van der Waals surface area contributed by atoms with Gasteiger partial charge in [0.15, 0.2) is 0 Å². The molecule has 0 saturated carbocycles. The predicted octanol–water partition coefficient (Wildman–Crippen LogP) is 2.77. The summed E-state index contributed by atoms with van der Waals surface area (Å²) in [4.78, 5) is 13.7. The lowest BCUT2D eigenvalue weighted by Gasteiger charge is -2.37. The Morgan fingerprint density at radius 1 is 1.43 bits per heavy atom. The number of sulfonamides is 1. The van der Waals surface area contributed by atoms with E-state index in [1.165, 1.54) is 20.5 Å². The number of carbonyl (C=O) groups is 1. The molecule has 1 aliphatic rings. The topological polar surface area (TPSA) is 66.9 Å². The SMILES string of the molecule is CN(C(=O)OC(C)(C)C)[C@H]1CCCN(S(=O)(=O)c2cccs2)C1. The molecule has 6 nitrogen and oxygen atoms in total. The molecule has 1 saturated heterocycles. The van der Waals surface area contributed by atoms with Crippen LogP contribution in [-0.2, 0) is 14.8 Å². The van der Waals surface area contributed by atoms with Crippen molar-refractivity contribution >= 4 is 27.5 Å². The van der Waals surface area contributed by atoms with Crippen LogP contribution in [0, 0.1) is 0 Å². The fraction of sp³-hybridized carbons (Fsp3) is 0.667. The van der Waals surface area contributed by atoms with E-state index in [2.05, 4.69) is 0 Å². The average Bonchev–Trinajstić information content (AvgIpc) is 2.99. The van der Waals surface area contributed by atoms with Crippen LogP contribution in [0.5, 0.6) is 0 Å². The van der Waals surface area contributed by atoms with Crippen molar-refractivity contribution in [1.82, 2.24) is 9.21 Å². The summed E-state index contributed by atoms with van der Waals surface area (Å²) in [6.45, 7) is 6.22. The number of rotatable bonds is 3. The minimum atomic E-state index is -3.47. The first kappa shape index (κ1) is 18.2. The van der Waals surface area contributed by atoms with Gasteiger partial charge in [0.1, 0.15) is 9.81 Å². The number of nitrogens with zero attached hydrogens (tertiary/aromatic N) is 2. The van der Waals surface area contributed by atoms with Gasteiger partial charge in [-0.25, -0.2) is 13.2 Å². The van der Waals surface area contributed by atoms with Gasteiger partial charge in [0.2, 0.25) is 0 Å². The Morgan fingerprint density at radius 2 is 2.13 bits per heavy atom. The summed E-state index contributed by atoms with van der Waals surface area (Å²) in [6, 6.07) is 3.17. The van der Waals surface area contributed by atoms with Gasteiger partial charge in [-0.3, -0.25) is 0 Å². The highest BCUT2D eigenvalue weighted by Gasteiger charge is 2.34. The molecule has 0 spiro atoms. The summed E-state index contributed by atoms with van der Waals surface area (Å²) in [5, 5.41) is 1.75. The monoisotopic (exact) mass is 360 g/mol. The van der Waals surface area contributed by atoms with Gasteiger partial charge in [0.25, 0.3) is 10.0 Å². The molecule has 2 rings (SSSR count). The van der Waals surface area contributed by atoms with Crippen LogP contribution in [0.25, 0.3) is 0 Å². The van der Waals surface area contributed by atoms with Crippen LogP contribution in [0.2, 0.25) is 0 Å². The van der Waals surface area contributed by atoms with Crippen LogP contribution in [0.1, 0.15) is 33.6 Å². The first-order chi connectivity index (χ1) is 10.6. The van der Waals surface area contributed by atoms with E-state index in [9.17, 15) is 13.2 Å². The van der Waals surface area contributed by atoms with Crippen LogP contribution in [0.4, 0.5) is 4.79 Å². The van der Waals surface area contributed by atoms with Gasteiger partial charge in [-0.2, -0.15) is 4.31 Å². The number of carbonyl (C=O) groups excluding carboxylic acids is 1. The third kappa shape index (κ3) is 4.45. The molecule has 0 bridgehead atoms. The minimum Gasteiger partial charge on any atom is -0.444 e. The van der Waals surface area contributed by atoms with Gasteiger partial charge in [-0.1, -0.05) is 6.07 Å². The van der Waals surface area contributed by atoms with Gasteiger partial charge in [0, 0.05) is 26.2 Å². The zero-order valence-corrected chi connectivity index (χ0v) is 15.6. The molecule has 23 heavy (non-hydrogen) atoms. The Hall–Kier alpha value is -1.12. The van der Waals surface area contributed by atoms with Crippen molar-refractivity contribution in [2.75, 3.05) is 20.1 Å². The molecule has 1 aliphatic heterocycles. The number of ether oxygens (including phenoxy) is 1. The Bertz CT molecular complexity index is 635. The van der Waals surface area contributed by atoms with Crippen LogP contribution < -0.4 is 0 Å². The van der Waals surface area contributed by atoms with E-state index < -0.39 is 21.7 Å². The standard InChI is InChI=1S/C15H24N2O4S2/c1-15(2,3)21-14(18)16(4)12-7-5-9-17(11-12)23(19,20)13-8-6-10-22-13/h6,8,10,12H,5,7,9,11H2,1-4H3/t12-/m0/s1. The molecule has 0 radical (unpaired) electrons. The van der Waals surface area contributed by atoms with E-state index in [1.54, 1.807) is 24.6 Å². The second kappa shape index (κ2) is 6.78. The Kier molecular flexibility index (Phi) is 5.37. The molecule has 1 fully saturated rings. The van der Waals surface area contributed by atoms with Crippen molar-refractivity contribution < 1.29 is 17.9 Å². The van der Waals surface area contributed by atoms with Gasteiger partial charge in [0.05, 0.1) is 0 Å². The largest absolute Gasteiger partial charge is 0.444 e. The highest BCUT2D eigenvalue weighted by molar-refractivity contribution is 7.91. The average molecular weight is 361 g/mol. The molecule has 1 aromatic heterocycles. The zero-order valence-electron chi connectivity index (χ0n) is 14.0. The minimum absolute atomic E-state index is 0.173. The zero-order chi connectivity index (χ0) is 17.3. The number of hydrogen-bond donors (Lipinski definition) is 0. The van der Waals surface area contributed by atoms with E-state index in [-0.39, 0.29) is 6.04 Å². The van der Waals surface area contributed by atoms with Crippen molar-refractivity contribution in [2.45, 2.75) is 49.5 Å². The summed E-state index contributed by atoms with van der Waals surface area (Å²) in [5.41, 5.74) is -0.567. The Balaban J connectivity index is 2.08. The summed E-state index contributed by atoms with van der Waals surface area (Å²) in [6.07, 6.45) is 1.08. The summed E-state index contributed by atoms with van der Waals surface area (Å²) < 4.78 is 32.4. The van der Waals surface area contributed by atoms with Crippen LogP contribution in [-0.4, -0.2) is 55.5 Å². The molecule has 130 valence electrons. The maximum absolute atomic E-state index is 12.6. The molecule has 0 N–H and O–H groups in total. The van der Waals surface area contributed by atoms with Gasteiger partial charge >= 0.3 is 6.09 Å². The molecule has 1 amide bonds. The first-order valence-electron chi connectivity index (χ1n) is 7.61. The van der Waals surface area contributed by atoms with Crippen molar-refractivity contribution in [1.29, 1.82) is 0 Å². The number of hydrogen-bond acceptors (Lipinski definition) is 5. The highest BCUT2D eigenvalue weighted by atomic mass is 32.2. The second-order valence-electron chi connectivity index (χ2n) is 6.68. The summed E-state index contributed by atoms with van der Waals surface area (Å²) in [7, 11) is -1.81. The summed E-state index contributed by atoms with van der Waals surface area (Å²) in [5.74, 6) is 0. The molecular weight excluding hydrogens is 336 g/mol. The number of piperidine rings is 1. The molecule has 1 atom stereocenters. The van der Waals surface area contributed by atoms with Gasteiger partial charge in [-0.15, -0.1) is 11.3 Å². The number of likely N-dealkylation sites (N-methyl/N-ethyl adjacent to an activating group) is 1. The van der Waals surface area contributed by atoms with Crippen molar-refractivity contribution in [3.05, 3.63) is 17.5 Å². The first-order valence-corrected chi connectivity index (χ1v) is 9.93. The normalized spacial score (nSPS) is 20.3. The predicted molar refractivity (Wildman–Crippen MR) is 90.1 cm³/mol. The second-order valence-corrected chi connectivity index (χ2v) is 9.79. The number of amides is 1. The fourth-order valence-corrected chi connectivity index (χ4v) is 5.14. The lowest BCUT2D eigenvalue weighted by Crippen LogP contribution is -2.51. The van der Waals surface area contributed by atoms with Gasteiger partial charge in [-0.05, 0) is 45.1 Å². The van der Waals surface area contributed by atoms with E-state index in [0.717, 1.165) is 12.8 Å². The molecule has 0 aliphatic carbocycles. The van der Waals surface area contributed by atoms with Crippen LogP contribution >= 0.6 is 11.3 Å². The third-order valence-electron chi connectivity index (χ3n) is 3.68. The lowest BCUT2D eigenvalue weighted by molar-refractivity contribution is 0.0173. The van der Waals surface area contributed by atoms with Crippen molar-refractivity contribution in [3.8, 4) is 0 Å². The van der Waals surface area contributed by atoms with Crippen molar-refractivity contribution in [3.63, 3.8) is 0 Å². The van der Waals surface area contributed by atoms with Crippen molar-refractivity contribution in [2.24, 2.45) is 0 Å².